The van der Waals surface area contributed by atoms with Gasteiger partial charge in [0.25, 0.3) is 0 Å². The summed E-state index contributed by atoms with van der Waals surface area (Å²) in [7, 11) is 0. The normalized spacial score (nSPS) is 18.0. The maximum absolute atomic E-state index is 12.2. The van der Waals surface area contributed by atoms with Crippen LogP contribution in [0.4, 0.5) is 4.79 Å². The Bertz CT molecular complexity index is 553. The summed E-state index contributed by atoms with van der Waals surface area (Å²) >= 11 is 0. The Morgan fingerprint density at radius 2 is 2.10 bits per heavy atom. The number of furan rings is 1. The van der Waals surface area contributed by atoms with E-state index in [1.807, 2.05) is 20.8 Å². The first kappa shape index (κ1) is 14.4. The summed E-state index contributed by atoms with van der Waals surface area (Å²) in [6.45, 7) is 7.33. The van der Waals surface area contributed by atoms with Crippen LogP contribution in [0.15, 0.2) is 4.42 Å². The highest BCUT2D eigenvalue weighted by Crippen LogP contribution is 2.46. The number of nitrogens with zero attached hydrogens (tertiary/aromatic N) is 1. The van der Waals surface area contributed by atoms with Crippen molar-refractivity contribution in [1.82, 2.24) is 4.90 Å². The zero-order valence-corrected chi connectivity index (χ0v) is 13.1. The molecule has 0 radical (unpaired) electrons. The third kappa shape index (κ3) is 2.93. The van der Waals surface area contributed by atoms with Crippen LogP contribution in [0.2, 0.25) is 0 Å². The van der Waals surface area contributed by atoms with Gasteiger partial charge in [-0.25, -0.2) is 4.79 Å². The first-order chi connectivity index (χ1) is 9.89. The summed E-state index contributed by atoms with van der Waals surface area (Å²) < 4.78 is 11.5. The number of amides is 1. The summed E-state index contributed by atoms with van der Waals surface area (Å²) in [5.41, 5.74) is 7.66. The van der Waals surface area contributed by atoms with E-state index in [-0.39, 0.29) is 6.09 Å². The Morgan fingerprint density at radius 1 is 1.38 bits per heavy atom. The summed E-state index contributed by atoms with van der Waals surface area (Å²) in [4.78, 5) is 13.9. The summed E-state index contributed by atoms with van der Waals surface area (Å²) in [6.07, 6.45) is 2.97. The number of fused-ring (bicyclic) bond motifs is 1. The number of carbonyl (C=O) groups is 1. The lowest BCUT2D eigenvalue weighted by Gasteiger charge is -2.24. The number of rotatable bonds is 3. The van der Waals surface area contributed by atoms with Crippen LogP contribution in [0.3, 0.4) is 0 Å². The number of hydrogen-bond acceptors (Lipinski definition) is 4. The molecule has 1 aliphatic heterocycles. The van der Waals surface area contributed by atoms with Crippen LogP contribution in [0, 0.1) is 0 Å². The van der Waals surface area contributed by atoms with E-state index in [1.165, 1.54) is 18.4 Å². The summed E-state index contributed by atoms with van der Waals surface area (Å²) in [5.74, 6) is 2.62. The van der Waals surface area contributed by atoms with Crippen molar-refractivity contribution < 1.29 is 13.9 Å². The van der Waals surface area contributed by atoms with Crippen LogP contribution >= 0.6 is 0 Å². The second-order valence-corrected chi connectivity index (χ2v) is 7.00. The fourth-order valence-corrected chi connectivity index (χ4v) is 2.85. The standard InChI is InChI=1S/C16H24N2O3/c1-16(2,3)21-15(19)18-8-12-11(6-7-17)14(10-4-5-10)20-13(12)9-18/h10H,4-9,17H2,1-3H3. The Hall–Kier alpha value is -1.49. The largest absolute Gasteiger partial charge is 0.463 e. The van der Waals surface area contributed by atoms with E-state index < -0.39 is 5.60 Å². The zero-order chi connectivity index (χ0) is 15.2. The Kier molecular flexibility index (Phi) is 3.48. The molecule has 0 saturated heterocycles. The van der Waals surface area contributed by atoms with Gasteiger partial charge in [-0.15, -0.1) is 0 Å². The molecule has 1 aromatic heterocycles. The van der Waals surface area contributed by atoms with Crippen LogP contribution in [0.5, 0.6) is 0 Å². The molecule has 5 nitrogen and oxygen atoms in total. The second kappa shape index (κ2) is 5.05. The maximum Gasteiger partial charge on any atom is 0.411 e. The van der Waals surface area contributed by atoms with E-state index in [4.69, 9.17) is 14.9 Å². The fraction of sp³-hybridized carbons (Fsp3) is 0.688. The average Bonchev–Trinajstić information content (AvgIpc) is 3.03. The molecule has 21 heavy (non-hydrogen) atoms. The Labute approximate surface area is 125 Å². The minimum atomic E-state index is -0.472. The van der Waals surface area contributed by atoms with Crippen molar-refractivity contribution in [2.75, 3.05) is 6.54 Å². The number of carbonyl (C=O) groups excluding carboxylic acids is 1. The van der Waals surface area contributed by atoms with Gasteiger partial charge in [0.1, 0.15) is 17.1 Å². The maximum atomic E-state index is 12.2. The first-order valence-corrected chi connectivity index (χ1v) is 7.70. The lowest BCUT2D eigenvalue weighted by molar-refractivity contribution is 0.0233. The number of nitrogens with two attached hydrogens (primary N) is 1. The van der Waals surface area contributed by atoms with Crippen molar-refractivity contribution in [3.05, 3.63) is 22.6 Å². The van der Waals surface area contributed by atoms with Gasteiger partial charge < -0.3 is 14.9 Å². The molecule has 1 amide bonds. The minimum Gasteiger partial charge on any atom is -0.463 e. The molecule has 0 spiro atoms. The molecule has 2 heterocycles. The molecule has 1 saturated carbocycles. The number of hydrogen-bond donors (Lipinski definition) is 1. The highest BCUT2D eigenvalue weighted by Gasteiger charge is 2.37. The topological polar surface area (TPSA) is 68.7 Å². The first-order valence-electron chi connectivity index (χ1n) is 7.70. The third-order valence-electron chi connectivity index (χ3n) is 3.91. The van der Waals surface area contributed by atoms with Crippen LogP contribution in [-0.2, 0) is 24.2 Å². The van der Waals surface area contributed by atoms with E-state index in [1.54, 1.807) is 4.90 Å². The van der Waals surface area contributed by atoms with Crippen LogP contribution in [0.1, 0.15) is 62.2 Å². The van der Waals surface area contributed by atoms with Gasteiger partial charge in [0, 0.05) is 17.0 Å². The molecule has 116 valence electrons. The Morgan fingerprint density at radius 3 is 2.67 bits per heavy atom. The molecule has 0 unspecified atom stereocenters. The molecule has 5 heteroatoms. The van der Waals surface area contributed by atoms with Crippen LogP contribution < -0.4 is 5.73 Å². The van der Waals surface area contributed by atoms with Crippen molar-refractivity contribution in [2.45, 2.75) is 64.6 Å². The van der Waals surface area contributed by atoms with E-state index in [2.05, 4.69) is 0 Å². The quantitative estimate of drug-likeness (QED) is 0.930. The highest BCUT2D eigenvalue weighted by molar-refractivity contribution is 5.69. The minimum absolute atomic E-state index is 0.277. The van der Waals surface area contributed by atoms with E-state index >= 15 is 0 Å². The van der Waals surface area contributed by atoms with E-state index in [9.17, 15) is 4.79 Å². The Balaban J connectivity index is 1.77. The highest BCUT2D eigenvalue weighted by atomic mass is 16.6. The van der Waals surface area contributed by atoms with Crippen LogP contribution in [0.25, 0.3) is 0 Å². The monoisotopic (exact) mass is 292 g/mol. The lowest BCUT2D eigenvalue weighted by Crippen LogP contribution is -2.33. The zero-order valence-electron chi connectivity index (χ0n) is 13.1. The third-order valence-corrected chi connectivity index (χ3v) is 3.91. The smallest absolute Gasteiger partial charge is 0.411 e. The molecule has 0 bridgehead atoms. The predicted molar refractivity (Wildman–Crippen MR) is 78.9 cm³/mol. The summed E-state index contributed by atoms with van der Waals surface area (Å²) in [6, 6.07) is 0. The van der Waals surface area contributed by atoms with Crippen molar-refractivity contribution in [3.8, 4) is 0 Å². The molecular weight excluding hydrogens is 268 g/mol. The van der Waals surface area contributed by atoms with Gasteiger partial charge in [-0.1, -0.05) is 0 Å². The van der Waals surface area contributed by atoms with Crippen molar-refractivity contribution >= 4 is 6.09 Å². The molecule has 0 atom stereocenters. The van der Waals surface area contributed by atoms with Crippen molar-refractivity contribution in [2.24, 2.45) is 5.73 Å². The predicted octanol–water partition coefficient (Wildman–Crippen LogP) is 2.91. The summed E-state index contributed by atoms with van der Waals surface area (Å²) in [5, 5.41) is 0. The van der Waals surface area contributed by atoms with Gasteiger partial charge in [0.2, 0.25) is 0 Å². The van der Waals surface area contributed by atoms with E-state index in [0.717, 1.165) is 23.5 Å². The molecule has 2 aliphatic rings. The molecule has 0 aromatic carbocycles. The SMILES string of the molecule is CC(C)(C)OC(=O)N1Cc2oc(C3CC3)c(CCN)c2C1. The van der Waals surface area contributed by atoms with Crippen molar-refractivity contribution in [3.63, 3.8) is 0 Å². The van der Waals surface area contributed by atoms with Gasteiger partial charge in [-0.2, -0.15) is 0 Å². The van der Waals surface area contributed by atoms with Gasteiger partial charge >= 0.3 is 6.09 Å². The second-order valence-electron chi connectivity index (χ2n) is 7.00. The molecule has 1 fully saturated rings. The van der Waals surface area contributed by atoms with E-state index in [0.29, 0.717) is 25.6 Å². The van der Waals surface area contributed by atoms with Gasteiger partial charge in [-0.3, -0.25) is 4.90 Å². The molecule has 1 aliphatic carbocycles. The van der Waals surface area contributed by atoms with Crippen molar-refractivity contribution in [1.29, 1.82) is 0 Å². The van der Waals surface area contributed by atoms with Gasteiger partial charge in [0.05, 0.1) is 13.1 Å². The lowest BCUT2D eigenvalue weighted by atomic mass is 10.0. The number of ether oxygens (including phenoxy) is 1. The molecule has 3 rings (SSSR count). The molecule has 2 N–H and O–H groups in total. The average molecular weight is 292 g/mol. The van der Waals surface area contributed by atoms with Gasteiger partial charge in [-0.05, 0) is 46.6 Å². The fourth-order valence-electron chi connectivity index (χ4n) is 2.85. The molecular formula is C16H24N2O3. The molecule has 1 aromatic rings. The van der Waals surface area contributed by atoms with Gasteiger partial charge in [0.15, 0.2) is 0 Å². The van der Waals surface area contributed by atoms with Crippen LogP contribution in [-0.4, -0.2) is 23.1 Å².